The molecule has 1 heterocycles. The Labute approximate surface area is 112 Å². The van der Waals surface area contributed by atoms with Gasteiger partial charge in [0.1, 0.15) is 6.61 Å². The molecule has 1 aromatic carbocycles. The molecule has 19 heavy (non-hydrogen) atoms. The Morgan fingerprint density at radius 2 is 1.95 bits per heavy atom. The van der Waals surface area contributed by atoms with E-state index in [-0.39, 0.29) is 5.97 Å². The SMILES string of the molecule is O=C(CN1CCC(=NO)CC1)OCc1ccccc1. The number of likely N-dealkylation sites (tertiary alicyclic amines) is 1. The van der Waals surface area contributed by atoms with Crippen molar-refractivity contribution in [3.05, 3.63) is 35.9 Å². The molecule has 102 valence electrons. The summed E-state index contributed by atoms with van der Waals surface area (Å²) >= 11 is 0. The Balaban J connectivity index is 1.70. The molecule has 1 aliphatic heterocycles. The van der Waals surface area contributed by atoms with Gasteiger partial charge in [-0.25, -0.2) is 0 Å². The van der Waals surface area contributed by atoms with Crippen LogP contribution in [0.25, 0.3) is 0 Å². The van der Waals surface area contributed by atoms with E-state index in [0.29, 0.717) is 26.0 Å². The number of carbonyl (C=O) groups excluding carboxylic acids is 1. The Kier molecular flexibility index (Phi) is 4.92. The lowest BCUT2D eigenvalue weighted by molar-refractivity contribution is -0.146. The number of piperidine rings is 1. The van der Waals surface area contributed by atoms with Crippen LogP contribution in [0.1, 0.15) is 18.4 Å². The lowest BCUT2D eigenvalue weighted by Crippen LogP contribution is -2.38. The van der Waals surface area contributed by atoms with Crippen LogP contribution in [0.2, 0.25) is 0 Å². The fourth-order valence-electron chi connectivity index (χ4n) is 2.04. The molecule has 0 aliphatic carbocycles. The third kappa shape index (κ3) is 4.37. The number of oxime groups is 1. The van der Waals surface area contributed by atoms with Gasteiger partial charge in [0.25, 0.3) is 0 Å². The minimum absolute atomic E-state index is 0.215. The van der Waals surface area contributed by atoms with Crippen molar-refractivity contribution in [3.8, 4) is 0 Å². The van der Waals surface area contributed by atoms with E-state index in [1.165, 1.54) is 0 Å². The molecule has 1 aromatic rings. The van der Waals surface area contributed by atoms with E-state index in [2.05, 4.69) is 5.16 Å². The summed E-state index contributed by atoms with van der Waals surface area (Å²) in [5.74, 6) is -0.215. The van der Waals surface area contributed by atoms with Crippen LogP contribution in [0.4, 0.5) is 0 Å². The van der Waals surface area contributed by atoms with Crippen molar-refractivity contribution >= 4 is 11.7 Å². The maximum atomic E-state index is 11.7. The van der Waals surface area contributed by atoms with Gasteiger partial charge in [0.15, 0.2) is 0 Å². The predicted molar refractivity (Wildman–Crippen MR) is 71.1 cm³/mol. The van der Waals surface area contributed by atoms with Gasteiger partial charge in [-0.1, -0.05) is 35.5 Å². The van der Waals surface area contributed by atoms with Gasteiger partial charge in [-0.05, 0) is 5.56 Å². The standard InChI is InChI=1S/C14H18N2O3/c17-14(19-11-12-4-2-1-3-5-12)10-16-8-6-13(15-18)7-9-16/h1-5,18H,6-11H2. The van der Waals surface area contributed by atoms with Crippen molar-refractivity contribution in [2.24, 2.45) is 5.16 Å². The topological polar surface area (TPSA) is 62.1 Å². The first-order valence-electron chi connectivity index (χ1n) is 6.39. The molecule has 2 rings (SSSR count). The van der Waals surface area contributed by atoms with E-state index < -0.39 is 0 Å². The third-order valence-electron chi connectivity index (χ3n) is 3.17. The third-order valence-corrected chi connectivity index (χ3v) is 3.17. The molecule has 5 heteroatoms. The highest BCUT2D eigenvalue weighted by Gasteiger charge is 2.18. The molecule has 0 amide bonds. The van der Waals surface area contributed by atoms with Crippen LogP contribution >= 0.6 is 0 Å². The van der Waals surface area contributed by atoms with Crippen LogP contribution in [-0.4, -0.2) is 41.4 Å². The second-order valence-electron chi connectivity index (χ2n) is 4.59. The summed E-state index contributed by atoms with van der Waals surface area (Å²) in [6.07, 6.45) is 1.42. The molecule has 1 N–H and O–H groups in total. The highest BCUT2D eigenvalue weighted by atomic mass is 16.5. The van der Waals surface area contributed by atoms with E-state index in [1.54, 1.807) is 0 Å². The molecule has 0 unspecified atom stereocenters. The van der Waals surface area contributed by atoms with E-state index in [1.807, 2.05) is 35.2 Å². The van der Waals surface area contributed by atoms with Gasteiger partial charge in [-0.15, -0.1) is 0 Å². The molecular formula is C14H18N2O3. The van der Waals surface area contributed by atoms with Gasteiger partial charge in [0.05, 0.1) is 12.3 Å². The van der Waals surface area contributed by atoms with Crippen LogP contribution in [0.5, 0.6) is 0 Å². The van der Waals surface area contributed by atoms with Crippen molar-refractivity contribution in [1.29, 1.82) is 0 Å². The van der Waals surface area contributed by atoms with Crippen LogP contribution in [0, 0.1) is 0 Å². The zero-order valence-corrected chi connectivity index (χ0v) is 10.8. The van der Waals surface area contributed by atoms with Crippen molar-refractivity contribution < 1.29 is 14.7 Å². The van der Waals surface area contributed by atoms with Crippen molar-refractivity contribution in [2.75, 3.05) is 19.6 Å². The fourth-order valence-corrected chi connectivity index (χ4v) is 2.04. The van der Waals surface area contributed by atoms with Crippen LogP contribution < -0.4 is 0 Å². The monoisotopic (exact) mass is 262 g/mol. The molecule has 1 aliphatic rings. The highest BCUT2D eigenvalue weighted by molar-refractivity contribution is 5.85. The number of nitrogens with zero attached hydrogens (tertiary/aromatic N) is 2. The summed E-state index contributed by atoms with van der Waals surface area (Å²) in [7, 11) is 0. The maximum absolute atomic E-state index is 11.7. The Morgan fingerprint density at radius 1 is 1.26 bits per heavy atom. The minimum atomic E-state index is -0.215. The Hall–Kier alpha value is -1.88. The predicted octanol–water partition coefficient (Wildman–Crippen LogP) is 1.66. The number of carbonyl (C=O) groups is 1. The number of esters is 1. The molecule has 0 saturated carbocycles. The number of hydrogen-bond acceptors (Lipinski definition) is 5. The molecule has 0 spiro atoms. The zero-order valence-electron chi connectivity index (χ0n) is 10.8. The van der Waals surface area contributed by atoms with Crippen molar-refractivity contribution in [2.45, 2.75) is 19.4 Å². The maximum Gasteiger partial charge on any atom is 0.320 e. The van der Waals surface area contributed by atoms with E-state index in [9.17, 15) is 4.79 Å². The van der Waals surface area contributed by atoms with Crippen LogP contribution in [0.3, 0.4) is 0 Å². The Bertz CT molecular complexity index is 435. The summed E-state index contributed by atoms with van der Waals surface area (Å²) < 4.78 is 5.22. The molecular weight excluding hydrogens is 244 g/mol. The van der Waals surface area contributed by atoms with Gasteiger partial charge in [-0.3, -0.25) is 9.69 Å². The van der Waals surface area contributed by atoms with Gasteiger partial charge < -0.3 is 9.94 Å². The second kappa shape index (κ2) is 6.89. The van der Waals surface area contributed by atoms with E-state index >= 15 is 0 Å². The van der Waals surface area contributed by atoms with Gasteiger partial charge in [0.2, 0.25) is 0 Å². The van der Waals surface area contributed by atoms with E-state index in [0.717, 1.165) is 24.4 Å². The molecule has 0 atom stereocenters. The van der Waals surface area contributed by atoms with Crippen LogP contribution in [-0.2, 0) is 16.1 Å². The molecule has 0 bridgehead atoms. The minimum Gasteiger partial charge on any atom is -0.460 e. The highest BCUT2D eigenvalue weighted by Crippen LogP contribution is 2.07. The molecule has 1 fully saturated rings. The van der Waals surface area contributed by atoms with Gasteiger partial charge >= 0.3 is 5.97 Å². The number of ether oxygens (including phenoxy) is 1. The first kappa shape index (κ1) is 13.5. The summed E-state index contributed by atoms with van der Waals surface area (Å²) in [4.78, 5) is 13.7. The van der Waals surface area contributed by atoms with Crippen LogP contribution in [0.15, 0.2) is 35.5 Å². The smallest absolute Gasteiger partial charge is 0.320 e. The number of rotatable bonds is 4. The lowest BCUT2D eigenvalue weighted by atomic mass is 10.1. The summed E-state index contributed by atoms with van der Waals surface area (Å²) in [6.45, 7) is 2.09. The Morgan fingerprint density at radius 3 is 2.58 bits per heavy atom. The molecule has 5 nitrogen and oxygen atoms in total. The second-order valence-corrected chi connectivity index (χ2v) is 4.59. The van der Waals surface area contributed by atoms with Gasteiger partial charge in [0, 0.05) is 25.9 Å². The summed E-state index contributed by atoms with van der Waals surface area (Å²) in [5.41, 5.74) is 1.79. The molecule has 0 aromatic heterocycles. The summed E-state index contributed by atoms with van der Waals surface area (Å²) in [6, 6.07) is 9.63. The van der Waals surface area contributed by atoms with Gasteiger partial charge in [-0.2, -0.15) is 0 Å². The summed E-state index contributed by atoms with van der Waals surface area (Å²) in [5, 5.41) is 11.9. The fraction of sp³-hybridized carbons (Fsp3) is 0.429. The lowest BCUT2D eigenvalue weighted by Gasteiger charge is -2.25. The number of benzene rings is 1. The first-order valence-corrected chi connectivity index (χ1v) is 6.39. The molecule has 1 saturated heterocycles. The van der Waals surface area contributed by atoms with Crippen molar-refractivity contribution in [1.82, 2.24) is 4.90 Å². The first-order chi connectivity index (χ1) is 9.28. The average Bonchev–Trinajstić information content (AvgIpc) is 2.47. The normalized spacial score (nSPS) is 16.1. The molecule has 0 radical (unpaired) electrons. The zero-order chi connectivity index (χ0) is 13.5. The average molecular weight is 262 g/mol. The van der Waals surface area contributed by atoms with E-state index in [4.69, 9.17) is 9.94 Å². The quantitative estimate of drug-likeness (QED) is 0.509. The largest absolute Gasteiger partial charge is 0.460 e. The van der Waals surface area contributed by atoms with Crippen molar-refractivity contribution in [3.63, 3.8) is 0 Å². The number of hydrogen-bond donors (Lipinski definition) is 1.